The van der Waals surface area contributed by atoms with E-state index in [2.05, 4.69) is 33.8 Å². The molecule has 0 radical (unpaired) electrons. The Labute approximate surface area is 151 Å². The van der Waals surface area contributed by atoms with Crippen molar-refractivity contribution in [1.29, 1.82) is 0 Å². The molecule has 2 fully saturated rings. The topological polar surface area (TPSA) is 32.3 Å². The van der Waals surface area contributed by atoms with Crippen LogP contribution in [0.15, 0.2) is 46.7 Å². The van der Waals surface area contributed by atoms with Crippen molar-refractivity contribution in [3.8, 4) is 0 Å². The number of carbonyl (C=O) groups excluding carboxylic acids is 1. The predicted molar refractivity (Wildman–Crippen MR) is 101 cm³/mol. The second-order valence-corrected chi connectivity index (χ2v) is 8.50. The van der Waals surface area contributed by atoms with Crippen LogP contribution in [0.4, 0.5) is 0 Å². The fraction of sp³-hybridized carbons (Fsp3) is 0.421. The highest BCUT2D eigenvalue weighted by Crippen LogP contribution is 2.33. The Morgan fingerprint density at radius 3 is 2.92 bits per heavy atom. The Morgan fingerprint density at radius 1 is 1.17 bits per heavy atom. The molecule has 1 aromatic carbocycles. The maximum atomic E-state index is 13.3. The third-order valence-corrected chi connectivity index (χ3v) is 7.14. The van der Waals surface area contributed by atoms with Gasteiger partial charge in [-0.3, -0.25) is 4.79 Å². The number of nitrogens with zero attached hydrogens (tertiary/aromatic N) is 1. The van der Waals surface area contributed by atoms with Crippen molar-refractivity contribution in [3.63, 3.8) is 0 Å². The highest BCUT2D eigenvalue weighted by molar-refractivity contribution is 7.98. The van der Waals surface area contributed by atoms with Crippen molar-refractivity contribution in [2.45, 2.75) is 42.0 Å². The molecule has 2 atom stereocenters. The molecule has 4 rings (SSSR count). The Hall–Kier alpha value is -1.30. The van der Waals surface area contributed by atoms with Crippen molar-refractivity contribution in [2.24, 2.45) is 0 Å². The van der Waals surface area contributed by atoms with Crippen LogP contribution in [-0.2, 0) is 5.75 Å². The first-order valence-corrected chi connectivity index (χ1v) is 10.5. The molecule has 2 aromatic rings. The number of nitrogens with one attached hydrogen (secondary N) is 1. The number of rotatable bonds is 4. The average Bonchev–Trinajstić information content (AvgIpc) is 3.19. The van der Waals surface area contributed by atoms with E-state index in [1.807, 2.05) is 18.2 Å². The first-order valence-electron chi connectivity index (χ1n) is 8.60. The highest BCUT2D eigenvalue weighted by Gasteiger charge is 2.38. The molecule has 126 valence electrons. The zero-order chi connectivity index (χ0) is 16.4. The maximum absolute atomic E-state index is 13.3. The molecule has 0 saturated carbocycles. The van der Waals surface area contributed by atoms with E-state index < -0.39 is 0 Å². The van der Waals surface area contributed by atoms with Crippen LogP contribution in [0.5, 0.6) is 0 Å². The van der Waals surface area contributed by atoms with Crippen molar-refractivity contribution >= 4 is 29.0 Å². The fourth-order valence-corrected chi connectivity index (χ4v) is 5.58. The molecule has 2 bridgehead atoms. The van der Waals surface area contributed by atoms with Gasteiger partial charge in [-0.1, -0.05) is 18.2 Å². The number of benzene rings is 1. The first-order chi connectivity index (χ1) is 11.8. The van der Waals surface area contributed by atoms with Gasteiger partial charge in [-0.25, -0.2) is 0 Å². The molecule has 1 aromatic heterocycles. The van der Waals surface area contributed by atoms with Gasteiger partial charge in [-0.05, 0) is 49.4 Å². The van der Waals surface area contributed by atoms with Gasteiger partial charge in [0.25, 0.3) is 5.91 Å². The molecule has 3 nitrogen and oxygen atoms in total. The van der Waals surface area contributed by atoms with Gasteiger partial charge in [0.2, 0.25) is 0 Å². The second-order valence-electron chi connectivity index (χ2n) is 6.45. The van der Waals surface area contributed by atoms with Crippen LogP contribution in [0.2, 0.25) is 0 Å². The summed E-state index contributed by atoms with van der Waals surface area (Å²) >= 11 is 3.55. The lowest BCUT2D eigenvalue weighted by Crippen LogP contribution is -2.42. The van der Waals surface area contributed by atoms with Crippen LogP contribution in [0.1, 0.15) is 34.5 Å². The molecule has 0 spiro atoms. The first kappa shape index (κ1) is 16.2. The van der Waals surface area contributed by atoms with E-state index in [-0.39, 0.29) is 5.91 Å². The molecule has 5 heteroatoms. The van der Waals surface area contributed by atoms with E-state index >= 15 is 0 Å². The molecule has 24 heavy (non-hydrogen) atoms. The smallest absolute Gasteiger partial charge is 0.255 e. The summed E-state index contributed by atoms with van der Waals surface area (Å²) in [5.41, 5.74) is 0.873. The van der Waals surface area contributed by atoms with E-state index in [1.165, 1.54) is 4.88 Å². The minimum absolute atomic E-state index is 0.223. The van der Waals surface area contributed by atoms with Crippen LogP contribution in [0.3, 0.4) is 0 Å². The van der Waals surface area contributed by atoms with Gasteiger partial charge in [0, 0.05) is 34.2 Å². The summed E-state index contributed by atoms with van der Waals surface area (Å²) in [7, 11) is 0. The molecular formula is C19H22N2OS2. The van der Waals surface area contributed by atoms with Gasteiger partial charge in [0.1, 0.15) is 0 Å². The summed E-state index contributed by atoms with van der Waals surface area (Å²) < 4.78 is 0. The Bertz CT molecular complexity index is 687. The molecular weight excluding hydrogens is 336 g/mol. The monoisotopic (exact) mass is 358 g/mol. The Kier molecular flexibility index (Phi) is 4.92. The van der Waals surface area contributed by atoms with Gasteiger partial charge in [0.15, 0.2) is 0 Å². The van der Waals surface area contributed by atoms with E-state index in [9.17, 15) is 4.79 Å². The summed E-state index contributed by atoms with van der Waals surface area (Å²) in [6, 6.07) is 13.1. The van der Waals surface area contributed by atoms with Gasteiger partial charge in [0.05, 0.1) is 5.56 Å². The summed E-state index contributed by atoms with van der Waals surface area (Å²) in [6.07, 6.45) is 3.36. The minimum atomic E-state index is 0.223. The van der Waals surface area contributed by atoms with Gasteiger partial charge >= 0.3 is 0 Å². The maximum Gasteiger partial charge on any atom is 0.255 e. The van der Waals surface area contributed by atoms with Crippen LogP contribution < -0.4 is 5.32 Å². The number of thioether (sulfide) groups is 1. The normalized spacial score (nSPS) is 23.2. The third kappa shape index (κ3) is 3.25. The number of hydrogen-bond acceptors (Lipinski definition) is 4. The molecule has 2 saturated heterocycles. The summed E-state index contributed by atoms with van der Waals surface area (Å²) in [5.74, 6) is 1.15. The van der Waals surface area contributed by atoms with E-state index in [0.717, 1.165) is 48.6 Å². The summed E-state index contributed by atoms with van der Waals surface area (Å²) in [4.78, 5) is 17.9. The SMILES string of the molecule is O=C(c1ccccc1SCc1cccs1)N1C2CCNCC1CC2. The van der Waals surface area contributed by atoms with Crippen molar-refractivity contribution in [2.75, 3.05) is 13.1 Å². The van der Waals surface area contributed by atoms with Crippen molar-refractivity contribution in [1.82, 2.24) is 10.2 Å². The Morgan fingerprint density at radius 2 is 2.04 bits per heavy atom. The third-order valence-electron chi connectivity index (χ3n) is 4.96. The fourth-order valence-electron chi connectivity index (χ4n) is 3.77. The van der Waals surface area contributed by atoms with Crippen LogP contribution in [0, 0.1) is 0 Å². The average molecular weight is 359 g/mol. The van der Waals surface area contributed by atoms with E-state index in [0.29, 0.717) is 12.1 Å². The van der Waals surface area contributed by atoms with Gasteiger partial charge in [-0.15, -0.1) is 23.1 Å². The van der Waals surface area contributed by atoms with E-state index in [4.69, 9.17) is 0 Å². The lowest BCUT2D eigenvalue weighted by molar-refractivity contribution is 0.0676. The predicted octanol–water partition coefficient (Wildman–Crippen LogP) is 4.01. The quantitative estimate of drug-likeness (QED) is 0.838. The molecule has 1 amide bonds. The van der Waals surface area contributed by atoms with Crippen LogP contribution in [-0.4, -0.2) is 36.0 Å². The van der Waals surface area contributed by atoms with Gasteiger partial charge < -0.3 is 10.2 Å². The molecule has 0 aliphatic carbocycles. The van der Waals surface area contributed by atoms with Crippen LogP contribution >= 0.6 is 23.1 Å². The highest BCUT2D eigenvalue weighted by atomic mass is 32.2. The van der Waals surface area contributed by atoms with Crippen molar-refractivity contribution < 1.29 is 4.79 Å². The van der Waals surface area contributed by atoms with Crippen molar-refractivity contribution in [3.05, 3.63) is 52.2 Å². The zero-order valence-corrected chi connectivity index (χ0v) is 15.2. The zero-order valence-electron chi connectivity index (χ0n) is 13.6. The number of amides is 1. The Balaban J connectivity index is 1.56. The minimum Gasteiger partial charge on any atom is -0.331 e. The number of carbonyl (C=O) groups is 1. The summed E-state index contributed by atoms with van der Waals surface area (Å²) in [6.45, 7) is 1.96. The lowest BCUT2D eigenvalue weighted by atomic mass is 10.1. The molecule has 1 N–H and O–H groups in total. The largest absolute Gasteiger partial charge is 0.331 e. The summed E-state index contributed by atoms with van der Waals surface area (Å²) in [5, 5.41) is 5.58. The van der Waals surface area contributed by atoms with Crippen LogP contribution in [0.25, 0.3) is 0 Å². The van der Waals surface area contributed by atoms with Gasteiger partial charge in [-0.2, -0.15) is 0 Å². The molecule has 2 unspecified atom stereocenters. The molecule has 3 heterocycles. The standard InChI is InChI=1S/C19H22N2OS2/c22-19(21-14-7-8-15(21)12-20-10-9-14)17-5-1-2-6-18(17)24-13-16-4-3-11-23-16/h1-6,11,14-15,20H,7-10,12-13H2. The molecule has 2 aliphatic rings. The number of fused-ring (bicyclic) bond motifs is 2. The number of thiophene rings is 1. The lowest BCUT2D eigenvalue weighted by Gasteiger charge is -2.28. The number of hydrogen-bond donors (Lipinski definition) is 1. The van der Waals surface area contributed by atoms with E-state index in [1.54, 1.807) is 23.1 Å². The second kappa shape index (κ2) is 7.30. The molecule has 2 aliphatic heterocycles.